The van der Waals surface area contributed by atoms with Gasteiger partial charge in [0, 0.05) is 24.2 Å². The molecule has 0 unspecified atom stereocenters. The van der Waals surface area contributed by atoms with Gasteiger partial charge >= 0.3 is 5.24 Å². The number of fused-ring (bicyclic) bond motifs is 4. The first-order chi connectivity index (χ1) is 13.7. The molecular weight excluding hydrogens is 506 g/mol. The standard InChI is InChI=1S/C20H24N2O2.H2IO3P/c1-3-13-12-22-9-7-14(13)10-19(22)20(23)16-6-8-21-18-5-4-15(24-2)11-17(16)18;1-5(2,3)4/h3-6,8,11,13-14,19-20,23H,1,7,9-10,12H2,2H3;(H2,2,3,4)/t13-,14-,19-,20+;/m0./s1. The van der Waals surface area contributed by atoms with Crippen LogP contribution in [-0.2, 0) is 4.57 Å². The molecule has 1 aromatic heterocycles. The van der Waals surface area contributed by atoms with Crippen molar-refractivity contribution >= 4 is 38.2 Å². The first-order valence-corrected chi connectivity index (χ1v) is 13.8. The molecule has 0 amide bonds. The fourth-order valence-electron chi connectivity index (χ4n) is 4.44. The Hall–Kier alpha value is -1.03. The summed E-state index contributed by atoms with van der Waals surface area (Å²) in [6, 6.07) is 7.96. The van der Waals surface area contributed by atoms with Crippen LogP contribution < -0.4 is 4.74 Å². The molecule has 29 heavy (non-hydrogen) atoms. The van der Waals surface area contributed by atoms with E-state index in [1.165, 1.54) is 6.42 Å². The third-order valence-corrected chi connectivity index (χ3v) is 5.82. The van der Waals surface area contributed by atoms with Crippen LogP contribution in [0.5, 0.6) is 5.75 Å². The van der Waals surface area contributed by atoms with E-state index in [4.69, 9.17) is 14.5 Å². The molecule has 3 saturated heterocycles. The van der Waals surface area contributed by atoms with Gasteiger partial charge in [0.2, 0.25) is 0 Å². The van der Waals surface area contributed by atoms with Crippen LogP contribution in [0.4, 0.5) is 0 Å². The Labute approximate surface area is 183 Å². The number of hydrogen-bond donors (Lipinski definition) is 3. The summed E-state index contributed by atoms with van der Waals surface area (Å²) in [6.45, 7) is 6.07. The van der Waals surface area contributed by atoms with Crippen molar-refractivity contribution in [2.45, 2.75) is 25.0 Å². The third kappa shape index (κ3) is 5.57. The Morgan fingerprint density at radius 3 is 2.72 bits per heavy atom. The molecule has 2 aromatic rings. The van der Waals surface area contributed by atoms with Gasteiger partial charge in [-0.2, -0.15) is 0 Å². The second-order valence-electron chi connectivity index (χ2n) is 7.45. The molecule has 158 valence electrons. The van der Waals surface area contributed by atoms with Crippen molar-refractivity contribution in [3.8, 4) is 5.75 Å². The van der Waals surface area contributed by atoms with Gasteiger partial charge in [-0.25, -0.2) is 4.57 Å². The highest BCUT2D eigenvalue weighted by Gasteiger charge is 2.42. The van der Waals surface area contributed by atoms with Gasteiger partial charge in [0.1, 0.15) is 5.75 Å². The summed E-state index contributed by atoms with van der Waals surface area (Å²) >= 11 is 1.04. The quantitative estimate of drug-likeness (QED) is 0.314. The Kier molecular flexibility index (Phi) is 7.35. The van der Waals surface area contributed by atoms with Crippen molar-refractivity contribution < 1.29 is 24.2 Å². The van der Waals surface area contributed by atoms with Gasteiger partial charge in [0.15, 0.2) is 0 Å². The lowest BCUT2D eigenvalue weighted by Crippen LogP contribution is -2.54. The molecule has 5 atom stereocenters. The Bertz CT molecular complexity index is 913. The van der Waals surface area contributed by atoms with E-state index in [9.17, 15) is 9.67 Å². The van der Waals surface area contributed by atoms with E-state index in [-0.39, 0.29) is 6.04 Å². The van der Waals surface area contributed by atoms with Crippen molar-refractivity contribution in [3.63, 3.8) is 0 Å². The number of rotatable bonds is 4. The number of piperidine rings is 3. The molecule has 7 nitrogen and oxygen atoms in total. The molecule has 3 fully saturated rings. The first kappa shape index (κ1) is 22.7. The molecule has 4 heterocycles. The lowest BCUT2D eigenvalue weighted by molar-refractivity contribution is -0.0444. The fourth-order valence-corrected chi connectivity index (χ4v) is 4.44. The van der Waals surface area contributed by atoms with Gasteiger partial charge in [-0.05, 0) is 61.1 Å². The van der Waals surface area contributed by atoms with E-state index in [0.717, 1.165) is 63.8 Å². The predicted molar refractivity (Wildman–Crippen MR) is 121 cm³/mol. The normalized spacial score (nSPS) is 27.1. The second kappa shape index (κ2) is 9.41. The van der Waals surface area contributed by atoms with E-state index in [2.05, 4.69) is 22.5 Å². The van der Waals surface area contributed by atoms with Crippen LogP contribution >= 0.6 is 27.3 Å². The number of hydrogen-bond acceptors (Lipinski definition) is 5. The molecule has 1 aromatic carbocycles. The van der Waals surface area contributed by atoms with Gasteiger partial charge in [-0.15, -0.1) is 6.58 Å². The number of aliphatic hydroxyl groups excluding tert-OH is 1. The molecule has 0 saturated carbocycles. The van der Waals surface area contributed by atoms with Gasteiger partial charge in [0.05, 0.1) is 40.8 Å². The third-order valence-electron chi connectivity index (χ3n) is 5.82. The molecule has 5 rings (SSSR count). The molecule has 3 N–H and O–H groups in total. The zero-order chi connectivity index (χ0) is 21.2. The first-order valence-electron chi connectivity index (χ1n) is 9.43. The summed E-state index contributed by atoms with van der Waals surface area (Å²) in [4.78, 5) is 22.1. The summed E-state index contributed by atoms with van der Waals surface area (Å²) in [5.41, 5.74) is 1.85. The summed E-state index contributed by atoms with van der Waals surface area (Å²) in [6.07, 6.45) is 5.62. The average molecular weight is 532 g/mol. The monoisotopic (exact) mass is 532 g/mol. The summed E-state index contributed by atoms with van der Waals surface area (Å²) < 4.78 is 14.7. The summed E-state index contributed by atoms with van der Waals surface area (Å²) in [5.74, 6) is 2.01. The Morgan fingerprint density at radius 2 is 2.14 bits per heavy atom. The number of halogens is 1. The maximum absolute atomic E-state index is 11.2. The smallest absolute Gasteiger partial charge is 0.383 e. The van der Waals surface area contributed by atoms with Crippen LogP contribution in [0.25, 0.3) is 10.9 Å². The van der Waals surface area contributed by atoms with E-state index in [0.29, 0.717) is 11.8 Å². The van der Waals surface area contributed by atoms with Crippen LogP contribution in [0.1, 0.15) is 24.5 Å². The van der Waals surface area contributed by atoms with Crippen molar-refractivity contribution in [2.24, 2.45) is 11.8 Å². The highest BCUT2D eigenvalue weighted by Crippen LogP contribution is 2.44. The van der Waals surface area contributed by atoms with Crippen LogP contribution in [0.3, 0.4) is 0 Å². The van der Waals surface area contributed by atoms with E-state index >= 15 is 0 Å². The van der Waals surface area contributed by atoms with Crippen LogP contribution in [0.15, 0.2) is 43.1 Å². The number of methoxy groups -OCH3 is 1. The van der Waals surface area contributed by atoms with Gasteiger partial charge < -0.3 is 19.6 Å². The largest absolute Gasteiger partial charge is 0.497 e. The topological polar surface area (TPSA) is 103 Å². The van der Waals surface area contributed by atoms with E-state index in [1.807, 2.05) is 24.3 Å². The minimum absolute atomic E-state index is 0.178. The number of aromatic nitrogens is 1. The van der Waals surface area contributed by atoms with Crippen LogP contribution in [0, 0.1) is 11.8 Å². The highest BCUT2D eigenvalue weighted by atomic mass is 127. The van der Waals surface area contributed by atoms with E-state index < -0.39 is 11.3 Å². The van der Waals surface area contributed by atoms with Crippen LogP contribution in [0.2, 0.25) is 0 Å². The number of benzene rings is 1. The molecule has 0 radical (unpaired) electrons. The molecule has 0 spiro atoms. The van der Waals surface area contributed by atoms with Crippen molar-refractivity contribution in [2.75, 3.05) is 20.2 Å². The maximum Gasteiger partial charge on any atom is 0.383 e. The lowest BCUT2D eigenvalue weighted by atomic mass is 9.73. The number of pyridine rings is 1. The lowest BCUT2D eigenvalue weighted by Gasteiger charge is -2.50. The zero-order valence-corrected chi connectivity index (χ0v) is 19.2. The summed E-state index contributed by atoms with van der Waals surface area (Å²) in [5, 5.41) is 8.46. The molecule has 3 aliphatic rings. The fraction of sp³-hybridized carbons (Fsp3) is 0.450. The van der Waals surface area contributed by atoms with Crippen LogP contribution in [-0.4, -0.2) is 51.0 Å². The van der Waals surface area contributed by atoms with Gasteiger partial charge in [-0.3, -0.25) is 9.88 Å². The van der Waals surface area contributed by atoms with Gasteiger partial charge in [-0.1, -0.05) is 6.08 Å². The zero-order valence-electron chi connectivity index (χ0n) is 16.2. The second-order valence-corrected chi connectivity index (χ2v) is 12.2. The molecule has 9 heteroatoms. The SMILES string of the molecule is C=C[C@H]1C[N@]2CC[C@H]1C[C@H]2[C@H](O)c1ccnc2ccc(OC)cc12.O=P(O)(O)I. The average Bonchev–Trinajstić information content (AvgIpc) is 2.71. The molecule has 3 aliphatic heterocycles. The molecule has 0 aliphatic carbocycles. The summed E-state index contributed by atoms with van der Waals surface area (Å²) in [7, 11) is 1.66. The minimum atomic E-state index is -3.67. The number of nitrogens with zero attached hydrogens (tertiary/aromatic N) is 2. The van der Waals surface area contributed by atoms with E-state index in [1.54, 1.807) is 13.3 Å². The molecular formula is C20H26IN2O5P. The minimum Gasteiger partial charge on any atom is -0.497 e. The van der Waals surface area contributed by atoms with Crippen molar-refractivity contribution in [3.05, 3.63) is 48.7 Å². The predicted octanol–water partition coefficient (Wildman–Crippen LogP) is 3.69. The number of aliphatic hydroxyl groups is 1. The Balaban J connectivity index is 0.000000431. The number of ether oxygens (including phenoxy) is 1. The maximum atomic E-state index is 11.2. The highest BCUT2D eigenvalue weighted by molar-refractivity contribution is 14.2. The van der Waals surface area contributed by atoms with Crippen molar-refractivity contribution in [1.29, 1.82) is 0 Å². The van der Waals surface area contributed by atoms with Gasteiger partial charge in [0.25, 0.3) is 0 Å². The molecule has 2 bridgehead atoms. The Morgan fingerprint density at radius 1 is 1.41 bits per heavy atom. The van der Waals surface area contributed by atoms with Crippen molar-refractivity contribution in [1.82, 2.24) is 9.88 Å².